The van der Waals surface area contributed by atoms with Gasteiger partial charge in [0.2, 0.25) is 0 Å². The predicted octanol–water partition coefficient (Wildman–Crippen LogP) is 3.11. The first-order valence-corrected chi connectivity index (χ1v) is 7.91. The van der Waals surface area contributed by atoms with Crippen LogP contribution >= 0.6 is 0 Å². The largest absolute Gasteiger partial charge is 0.493 e. The van der Waals surface area contributed by atoms with E-state index >= 15 is 0 Å². The summed E-state index contributed by atoms with van der Waals surface area (Å²) in [4.78, 5) is 8.54. The first-order chi connectivity index (χ1) is 12.2. The lowest BCUT2D eigenvalue weighted by Crippen LogP contribution is -2.06. The molecule has 2 aromatic heterocycles. The number of hydrogen-bond acceptors (Lipinski definition) is 7. The minimum atomic E-state index is 0.489. The van der Waals surface area contributed by atoms with Crippen LogP contribution in [0.1, 0.15) is 11.4 Å². The molecule has 0 aliphatic carbocycles. The summed E-state index contributed by atoms with van der Waals surface area (Å²) < 4.78 is 15.8. The molecule has 7 nitrogen and oxygen atoms in total. The zero-order chi connectivity index (χ0) is 17.6. The molecule has 0 saturated carbocycles. The van der Waals surface area contributed by atoms with Gasteiger partial charge >= 0.3 is 0 Å². The Hall–Kier alpha value is -3.09. The smallest absolute Gasteiger partial charge is 0.258 e. The summed E-state index contributed by atoms with van der Waals surface area (Å²) in [5.41, 5.74) is 1.98. The molecule has 7 heteroatoms. The van der Waals surface area contributed by atoms with Crippen molar-refractivity contribution in [2.24, 2.45) is 0 Å². The highest BCUT2D eigenvalue weighted by Crippen LogP contribution is 2.27. The molecule has 0 fully saturated rings. The van der Waals surface area contributed by atoms with E-state index in [0.29, 0.717) is 11.7 Å². The van der Waals surface area contributed by atoms with Gasteiger partial charge in [-0.1, -0.05) is 11.2 Å². The van der Waals surface area contributed by atoms with Gasteiger partial charge in [-0.15, -0.1) is 0 Å². The number of anilines is 1. The number of pyridine rings is 1. The average Bonchev–Trinajstić information content (AvgIpc) is 3.08. The number of nitrogens with one attached hydrogen (secondary N) is 1. The molecular formula is C18H20N4O3. The molecule has 25 heavy (non-hydrogen) atoms. The van der Waals surface area contributed by atoms with Crippen molar-refractivity contribution in [2.75, 3.05) is 26.1 Å². The monoisotopic (exact) mass is 340 g/mol. The van der Waals surface area contributed by atoms with Crippen molar-refractivity contribution in [1.29, 1.82) is 0 Å². The number of benzene rings is 1. The van der Waals surface area contributed by atoms with Crippen molar-refractivity contribution >= 4 is 5.82 Å². The minimum Gasteiger partial charge on any atom is -0.493 e. The van der Waals surface area contributed by atoms with Crippen molar-refractivity contribution in [3.05, 3.63) is 47.9 Å². The summed E-state index contributed by atoms with van der Waals surface area (Å²) in [7, 11) is 3.26. The fourth-order valence-electron chi connectivity index (χ4n) is 2.45. The number of rotatable bonds is 7. The molecule has 0 aliphatic rings. The average molecular weight is 340 g/mol. The second-order valence-corrected chi connectivity index (χ2v) is 5.44. The maximum absolute atomic E-state index is 5.33. The van der Waals surface area contributed by atoms with Crippen molar-refractivity contribution < 1.29 is 14.0 Å². The molecular weight excluding hydrogens is 320 g/mol. The Bertz CT molecular complexity index is 848. The van der Waals surface area contributed by atoms with Gasteiger partial charge in [-0.2, -0.15) is 4.98 Å². The maximum atomic E-state index is 5.33. The Morgan fingerprint density at radius 3 is 2.64 bits per heavy atom. The number of ether oxygens (including phenoxy) is 2. The van der Waals surface area contributed by atoms with E-state index in [1.54, 1.807) is 27.3 Å². The number of methoxy groups -OCH3 is 2. The molecule has 0 unspecified atom stereocenters. The first kappa shape index (κ1) is 16.8. The van der Waals surface area contributed by atoms with Crippen LogP contribution in [-0.4, -0.2) is 35.9 Å². The lowest BCUT2D eigenvalue weighted by atomic mass is 10.1. The first-order valence-electron chi connectivity index (χ1n) is 7.91. The van der Waals surface area contributed by atoms with E-state index < -0.39 is 0 Å². The Balaban J connectivity index is 1.62. The molecule has 0 amide bonds. The SMILES string of the molecule is COc1ccc(CCNc2cc(-c3nc(C)no3)ccn2)cc1OC. The number of aromatic nitrogens is 3. The van der Waals surface area contributed by atoms with Crippen molar-refractivity contribution in [3.8, 4) is 23.0 Å². The van der Waals surface area contributed by atoms with E-state index in [1.807, 2.05) is 30.3 Å². The Kier molecular flexibility index (Phi) is 5.13. The van der Waals surface area contributed by atoms with Gasteiger partial charge in [0.15, 0.2) is 17.3 Å². The van der Waals surface area contributed by atoms with Gasteiger partial charge in [0, 0.05) is 18.3 Å². The van der Waals surface area contributed by atoms with E-state index in [4.69, 9.17) is 14.0 Å². The van der Waals surface area contributed by atoms with Crippen molar-refractivity contribution in [3.63, 3.8) is 0 Å². The summed E-state index contributed by atoms with van der Waals surface area (Å²) in [5, 5.41) is 7.11. The molecule has 130 valence electrons. The van der Waals surface area contributed by atoms with Crippen LogP contribution in [0.3, 0.4) is 0 Å². The molecule has 0 spiro atoms. The van der Waals surface area contributed by atoms with Crippen LogP contribution in [0, 0.1) is 6.92 Å². The Morgan fingerprint density at radius 2 is 1.92 bits per heavy atom. The van der Waals surface area contributed by atoms with Crippen LogP contribution in [0.25, 0.3) is 11.5 Å². The molecule has 1 aromatic carbocycles. The van der Waals surface area contributed by atoms with E-state index in [2.05, 4.69) is 20.4 Å². The second kappa shape index (κ2) is 7.65. The van der Waals surface area contributed by atoms with Crippen LogP contribution in [-0.2, 0) is 6.42 Å². The van der Waals surface area contributed by atoms with Gasteiger partial charge in [-0.05, 0) is 43.2 Å². The molecule has 3 aromatic rings. The zero-order valence-corrected chi connectivity index (χ0v) is 14.4. The van der Waals surface area contributed by atoms with Crippen LogP contribution in [0.4, 0.5) is 5.82 Å². The molecule has 3 rings (SSSR count). The Labute approximate surface area is 146 Å². The second-order valence-electron chi connectivity index (χ2n) is 5.44. The van der Waals surface area contributed by atoms with Crippen molar-refractivity contribution in [2.45, 2.75) is 13.3 Å². The minimum absolute atomic E-state index is 0.489. The van der Waals surface area contributed by atoms with Crippen molar-refractivity contribution in [1.82, 2.24) is 15.1 Å². The summed E-state index contributed by atoms with van der Waals surface area (Å²) in [6.45, 7) is 2.52. The molecule has 2 heterocycles. The van der Waals surface area contributed by atoms with Crippen LogP contribution in [0.5, 0.6) is 11.5 Å². The van der Waals surface area contributed by atoms with Gasteiger partial charge in [0.05, 0.1) is 14.2 Å². The summed E-state index contributed by atoms with van der Waals surface area (Å²) in [6, 6.07) is 9.64. The molecule has 0 atom stereocenters. The van der Waals surface area contributed by atoms with Crippen LogP contribution in [0.15, 0.2) is 41.1 Å². The fraction of sp³-hybridized carbons (Fsp3) is 0.278. The highest BCUT2D eigenvalue weighted by molar-refractivity contribution is 5.57. The van der Waals surface area contributed by atoms with Gasteiger partial charge in [-0.25, -0.2) is 4.98 Å². The number of hydrogen-bond donors (Lipinski definition) is 1. The van der Waals surface area contributed by atoms with E-state index in [0.717, 1.165) is 41.4 Å². The number of nitrogens with zero attached hydrogens (tertiary/aromatic N) is 3. The summed E-state index contributed by atoms with van der Waals surface area (Å²) in [5.74, 6) is 3.31. The number of aryl methyl sites for hydroxylation is 1. The highest BCUT2D eigenvalue weighted by Gasteiger charge is 2.08. The summed E-state index contributed by atoms with van der Waals surface area (Å²) in [6.07, 6.45) is 2.54. The summed E-state index contributed by atoms with van der Waals surface area (Å²) >= 11 is 0. The maximum Gasteiger partial charge on any atom is 0.258 e. The third kappa shape index (κ3) is 4.06. The normalized spacial score (nSPS) is 10.5. The lowest BCUT2D eigenvalue weighted by molar-refractivity contribution is 0.354. The molecule has 0 bridgehead atoms. The third-order valence-corrected chi connectivity index (χ3v) is 3.70. The van der Waals surface area contributed by atoms with Crippen LogP contribution in [0.2, 0.25) is 0 Å². The third-order valence-electron chi connectivity index (χ3n) is 3.70. The van der Waals surface area contributed by atoms with E-state index in [9.17, 15) is 0 Å². The quantitative estimate of drug-likeness (QED) is 0.707. The van der Waals surface area contributed by atoms with E-state index in [-0.39, 0.29) is 0 Å². The standard InChI is InChI=1S/C18H20N4O3/c1-12-21-18(25-22-12)14-7-9-20-17(11-14)19-8-6-13-4-5-15(23-2)16(10-13)24-3/h4-5,7,9-11H,6,8H2,1-3H3,(H,19,20). The van der Waals surface area contributed by atoms with Gasteiger partial charge in [0.25, 0.3) is 5.89 Å². The van der Waals surface area contributed by atoms with Gasteiger partial charge in [-0.3, -0.25) is 0 Å². The predicted molar refractivity (Wildman–Crippen MR) is 94.0 cm³/mol. The Morgan fingerprint density at radius 1 is 1.08 bits per heavy atom. The fourth-order valence-corrected chi connectivity index (χ4v) is 2.45. The molecule has 0 saturated heterocycles. The molecule has 0 radical (unpaired) electrons. The zero-order valence-electron chi connectivity index (χ0n) is 14.4. The van der Waals surface area contributed by atoms with Gasteiger partial charge in [0.1, 0.15) is 5.82 Å². The highest BCUT2D eigenvalue weighted by atomic mass is 16.5. The molecule has 0 aliphatic heterocycles. The van der Waals surface area contributed by atoms with Crippen LogP contribution < -0.4 is 14.8 Å². The lowest BCUT2D eigenvalue weighted by Gasteiger charge is -2.10. The topological polar surface area (TPSA) is 82.3 Å². The van der Waals surface area contributed by atoms with E-state index in [1.165, 1.54) is 0 Å². The molecule has 1 N–H and O–H groups in total. The van der Waals surface area contributed by atoms with Gasteiger partial charge < -0.3 is 19.3 Å².